The number of methoxy groups -OCH3 is 1. The van der Waals surface area contributed by atoms with Crippen molar-refractivity contribution in [1.82, 2.24) is 4.57 Å². The van der Waals surface area contributed by atoms with E-state index in [4.69, 9.17) is 4.74 Å². The van der Waals surface area contributed by atoms with Crippen LogP contribution in [0, 0.1) is 29.6 Å². The number of benzene rings is 2. The van der Waals surface area contributed by atoms with Crippen LogP contribution in [0.2, 0.25) is 0 Å². The molecule has 0 saturated carbocycles. The SMILES string of the molecule is COc1cc(/C=c2/sc(=C(C#N)C#N)n(-c3ccccc3C)c2=O)ccc1OC(F)F. The second-order valence-corrected chi connectivity index (χ2v) is 7.26. The number of thiazole rings is 1. The van der Waals surface area contributed by atoms with Crippen LogP contribution in [-0.4, -0.2) is 18.3 Å². The zero-order valence-corrected chi connectivity index (χ0v) is 17.2. The molecule has 0 atom stereocenters. The van der Waals surface area contributed by atoms with Crippen molar-refractivity contribution < 1.29 is 18.3 Å². The smallest absolute Gasteiger partial charge is 0.387 e. The maximum absolute atomic E-state index is 13.2. The topological polar surface area (TPSA) is 88.0 Å². The Morgan fingerprint density at radius 2 is 1.87 bits per heavy atom. The number of ether oxygens (including phenoxy) is 2. The Morgan fingerprint density at radius 1 is 1.16 bits per heavy atom. The molecule has 0 saturated heterocycles. The summed E-state index contributed by atoms with van der Waals surface area (Å²) in [4.78, 5) is 13.2. The van der Waals surface area contributed by atoms with Crippen LogP contribution < -0.4 is 24.2 Å². The Bertz CT molecular complexity index is 1380. The summed E-state index contributed by atoms with van der Waals surface area (Å²) in [5.41, 5.74) is 1.24. The molecule has 0 spiro atoms. The number of hydrogen-bond acceptors (Lipinski definition) is 6. The molecule has 1 aromatic heterocycles. The van der Waals surface area contributed by atoms with Crippen molar-refractivity contribution in [3.63, 3.8) is 0 Å². The van der Waals surface area contributed by atoms with Gasteiger partial charge in [0.1, 0.15) is 16.8 Å². The van der Waals surface area contributed by atoms with Crippen LogP contribution in [-0.2, 0) is 0 Å². The largest absolute Gasteiger partial charge is 0.493 e. The lowest BCUT2D eigenvalue weighted by Gasteiger charge is -2.09. The lowest BCUT2D eigenvalue weighted by molar-refractivity contribution is -0.0512. The Labute approximate surface area is 179 Å². The third-order valence-electron chi connectivity index (χ3n) is 4.32. The molecule has 0 N–H and O–H groups in total. The normalized spacial score (nSPS) is 11.1. The second-order valence-electron chi connectivity index (χ2n) is 6.23. The maximum Gasteiger partial charge on any atom is 0.387 e. The summed E-state index contributed by atoms with van der Waals surface area (Å²) in [6.45, 7) is -1.19. The monoisotopic (exact) mass is 439 g/mol. The van der Waals surface area contributed by atoms with E-state index in [9.17, 15) is 24.1 Å². The van der Waals surface area contributed by atoms with Crippen molar-refractivity contribution in [3.05, 3.63) is 73.1 Å². The number of aromatic nitrogens is 1. The molecule has 0 aliphatic carbocycles. The minimum atomic E-state index is -3.00. The Balaban J connectivity index is 2.29. The molecular weight excluding hydrogens is 424 g/mol. The van der Waals surface area contributed by atoms with Gasteiger partial charge < -0.3 is 9.47 Å². The highest BCUT2D eigenvalue weighted by Crippen LogP contribution is 2.29. The molecule has 3 rings (SSSR count). The van der Waals surface area contributed by atoms with Gasteiger partial charge in [-0.15, -0.1) is 11.3 Å². The van der Waals surface area contributed by atoms with Gasteiger partial charge >= 0.3 is 6.61 Å². The van der Waals surface area contributed by atoms with Gasteiger partial charge in [0.25, 0.3) is 5.56 Å². The zero-order chi connectivity index (χ0) is 22.5. The molecule has 6 nitrogen and oxygen atoms in total. The first-order chi connectivity index (χ1) is 14.9. The van der Waals surface area contributed by atoms with Gasteiger partial charge in [-0.25, -0.2) is 0 Å². The highest BCUT2D eigenvalue weighted by Gasteiger charge is 2.14. The number of nitriles is 2. The maximum atomic E-state index is 13.2. The van der Waals surface area contributed by atoms with Crippen molar-refractivity contribution in [2.75, 3.05) is 7.11 Å². The fourth-order valence-corrected chi connectivity index (χ4v) is 3.97. The van der Waals surface area contributed by atoms with Gasteiger partial charge in [0.05, 0.1) is 17.3 Å². The molecule has 0 aliphatic heterocycles. The number of alkyl halides is 2. The van der Waals surface area contributed by atoms with Crippen molar-refractivity contribution in [2.24, 2.45) is 0 Å². The first-order valence-electron chi connectivity index (χ1n) is 8.86. The highest BCUT2D eigenvalue weighted by molar-refractivity contribution is 7.07. The van der Waals surface area contributed by atoms with Gasteiger partial charge in [-0.2, -0.15) is 19.3 Å². The number of aryl methyl sites for hydroxylation is 1. The van der Waals surface area contributed by atoms with Crippen molar-refractivity contribution >= 4 is 23.0 Å². The summed E-state index contributed by atoms with van der Waals surface area (Å²) >= 11 is 0.991. The van der Waals surface area contributed by atoms with Crippen LogP contribution in [0.4, 0.5) is 8.78 Å². The highest BCUT2D eigenvalue weighted by atomic mass is 32.1. The first kappa shape index (κ1) is 21.8. The summed E-state index contributed by atoms with van der Waals surface area (Å²) in [7, 11) is 1.31. The van der Waals surface area contributed by atoms with Crippen molar-refractivity contribution in [3.8, 4) is 29.3 Å². The molecule has 0 bridgehead atoms. The predicted molar refractivity (Wildman–Crippen MR) is 112 cm³/mol. The predicted octanol–water partition coefficient (Wildman–Crippen LogP) is 2.84. The molecule has 31 heavy (non-hydrogen) atoms. The Hall–Kier alpha value is -3.95. The number of halogens is 2. The fraction of sp³-hybridized carbons (Fsp3) is 0.136. The molecule has 2 aromatic carbocycles. The van der Waals surface area contributed by atoms with Crippen molar-refractivity contribution in [2.45, 2.75) is 13.5 Å². The zero-order valence-electron chi connectivity index (χ0n) is 16.4. The number of rotatable bonds is 5. The summed E-state index contributed by atoms with van der Waals surface area (Å²) in [6.07, 6.45) is 1.53. The average molecular weight is 439 g/mol. The molecule has 0 radical (unpaired) electrons. The molecule has 1 heterocycles. The van der Waals surface area contributed by atoms with Crippen LogP contribution in [0.15, 0.2) is 47.3 Å². The van der Waals surface area contributed by atoms with Gasteiger partial charge in [0.15, 0.2) is 17.1 Å². The molecule has 0 fully saturated rings. The third-order valence-corrected chi connectivity index (χ3v) is 5.41. The second kappa shape index (κ2) is 9.24. The van der Waals surface area contributed by atoms with E-state index in [1.165, 1.54) is 36.0 Å². The molecule has 0 unspecified atom stereocenters. The van der Waals surface area contributed by atoms with Gasteiger partial charge in [0, 0.05) is 0 Å². The van der Waals surface area contributed by atoms with Crippen LogP contribution in [0.25, 0.3) is 17.3 Å². The summed E-state index contributed by atoms with van der Waals surface area (Å²) in [5.74, 6) is -0.0604. The molecule has 0 amide bonds. The van der Waals surface area contributed by atoms with E-state index in [0.717, 1.165) is 16.9 Å². The quantitative estimate of drug-likeness (QED) is 0.610. The van der Waals surface area contributed by atoms with Crippen LogP contribution >= 0.6 is 11.3 Å². The third kappa shape index (κ3) is 4.47. The minimum absolute atomic E-state index is 0.0753. The Morgan fingerprint density at radius 3 is 2.48 bits per heavy atom. The van der Waals surface area contributed by atoms with Gasteiger partial charge in [-0.1, -0.05) is 24.3 Å². The van der Waals surface area contributed by atoms with E-state index >= 15 is 0 Å². The van der Waals surface area contributed by atoms with E-state index < -0.39 is 12.2 Å². The van der Waals surface area contributed by atoms with Crippen LogP contribution in [0.1, 0.15) is 11.1 Å². The van der Waals surface area contributed by atoms with Gasteiger partial charge in [-0.05, 0) is 42.3 Å². The average Bonchev–Trinajstić information content (AvgIpc) is 3.06. The fourth-order valence-electron chi connectivity index (χ4n) is 2.92. The molecule has 3 aromatic rings. The summed E-state index contributed by atoms with van der Waals surface area (Å²) in [5, 5.41) is 18.7. The van der Waals surface area contributed by atoms with E-state index in [1.54, 1.807) is 12.1 Å². The molecule has 0 aliphatic rings. The lowest BCUT2D eigenvalue weighted by Crippen LogP contribution is -2.31. The van der Waals surface area contributed by atoms with E-state index in [0.29, 0.717) is 11.3 Å². The number of para-hydroxylation sites is 1. The molecule has 9 heteroatoms. The van der Waals surface area contributed by atoms with Crippen LogP contribution in [0.3, 0.4) is 0 Å². The molecular formula is C22H15F2N3O3S. The van der Waals surface area contributed by atoms with Gasteiger partial charge in [-0.3, -0.25) is 9.36 Å². The van der Waals surface area contributed by atoms with Gasteiger partial charge in [0.2, 0.25) is 0 Å². The Kier molecular flexibility index (Phi) is 6.49. The summed E-state index contributed by atoms with van der Waals surface area (Å²) < 4.78 is 36.4. The number of nitrogens with zero attached hydrogens (tertiary/aromatic N) is 3. The number of hydrogen-bond donors (Lipinski definition) is 0. The first-order valence-corrected chi connectivity index (χ1v) is 9.68. The molecule has 156 valence electrons. The van der Waals surface area contributed by atoms with E-state index in [1.807, 2.05) is 31.2 Å². The van der Waals surface area contributed by atoms with E-state index in [2.05, 4.69) is 4.74 Å². The van der Waals surface area contributed by atoms with Crippen molar-refractivity contribution in [1.29, 1.82) is 10.5 Å². The minimum Gasteiger partial charge on any atom is -0.493 e. The lowest BCUT2D eigenvalue weighted by atomic mass is 10.2. The summed E-state index contributed by atoms with van der Waals surface area (Å²) in [6, 6.07) is 15.0. The van der Waals surface area contributed by atoms with Crippen LogP contribution in [0.5, 0.6) is 11.5 Å². The van der Waals surface area contributed by atoms with E-state index in [-0.39, 0.29) is 26.3 Å². The standard InChI is InChI=1S/C22H15F2N3O3S/c1-13-5-3-4-6-16(13)27-20(28)19(31-21(27)15(11-25)12-26)10-14-7-8-17(30-22(23)24)18(9-14)29-2/h3-10,22H,1-2H3/b19-10+.